The van der Waals surface area contributed by atoms with E-state index in [0.29, 0.717) is 6.61 Å². The van der Waals surface area contributed by atoms with Gasteiger partial charge in [-0.2, -0.15) is 0 Å². The van der Waals surface area contributed by atoms with E-state index in [2.05, 4.69) is 25.2 Å². The highest BCUT2D eigenvalue weighted by atomic mass is 16.5. The number of ether oxygens (including phenoxy) is 1. The molecule has 2 rings (SSSR count). The average molecular weight is 300 g/mol. The molecule has 0 amide bonds. The molecular formula is C18H24N2O2. The predicted octanol–water partition coefficient (Wildman–Crippen LogP) is 3.62. The number of hydrogen-bond acceptors (Lipinski definition) is 4. The fourth-order valence-corrected chi connectivity index (χ4v) is 2.62. The molecule has 0 saturated heterocycles. The smallest absolute Gasteiger partial charge is 0.325 e. The van der Waals surface area contributed by atoms with Crippen LogP contribution in [0.1, 0.15) is 33.6 Å². The number of aliphatic imine (C=N–C) groups is 1. The fraction of sp³-hybridized carbons (Fsp3) is 0.444. The van der Waals surface area contributed by atoms with Crippen LogP contribution in [0.3, 0.4) is 0 Å². The monoisotopic (exact) mass is 300 g/mol. The number of rotatable bonds is 5. The highest BCUT2D eigenvalue weighted by molar-refractivity contribution is 5.98. The Labute approximate surface area is 132 Å². The van der Waals surface area contributed by atoms with Crippen LogP contribution in [-0.4, -0.2) is 24.8 Å². The van der Waals surface area contributed by atoms with Gasteiger partial charge in [-0.3, -0.25) is 9.79 Å². The topological polar surface area (TPSA) is 50.7 Å². The van der Waals surface area contributed by atoms with Gasteiger partial charge in [-0.1, -0.05) is 32.0 Å². The standard InChI is InChI=1S/C18H24N2O2/c1-4-22-17(21)13-19-15-10-16(12-18(2,3)11-15)20-14-8-6-5-7-9-14/h5-10,19H,4,11-13H2,1-3H3. The second-order valence-corrected chi connectivity index (χ2v) is 6.28. The Morgan fingerprint density at radius 3 is 2.68 bits per heavy atom. The molecule has 1 aliphatic carbocycles. The second kappa shape index (κ2) is 7.25. The van der Waals surface area contributed by atoms with Crippen LogP contribution >= 0.6 is 0 Å². The summed E-state index contributed by atoms with van der Waals surface area (Å²) in [6.07, 6.45) is 3.88. The molecular weight excluding hydrogens is 276 g/mol. The maximum absolute atomic E-state index is 11.5. The molecule has 22 heavy (non-hydrogen) atoms. The van der Waals surface area contributed by atoms with E-state index in [0.717, 1.165) is 29.9 Å². The van der Waals surface area contributed by atoms with Crippen LogP contribution < -0.4 is 5.32 Å². The predicted molar refractivity (Wildman–Crippen MR) is 89.3 cm³/mol. The van der Waals surface area contributed by atoms with Crippen LogP contribution in [0.4, 0.5) is 5.69 Å². The molecule has 1 N–H and O–H groups in total. The zero-order valence-electron chi connectivity index (χ0n) is 13.6. The maximum Gasteiger partial charge on any atom is 0.325 e. The first-order valence-corrected chi connectivity index (χ1v) is 7.71. The van der Waals surface area contributed by atoms with Crippen molar-refractivity contribution in [1.29, 1.82) is 0 Å². The summed E-state index contributed by atoms with van der Waals surface area (Å²) in [5.41, 5.74) is 3.16. The number of allylic oxidation sites excluding steroid dienone is 2. The third kappa shape index (κ3) is 5.02. The van der Waals surface area contributed by atoms with E-state index >= 15 is 0 Å². The van der Waals surface area contributed by atoms with Crippen molar-refractivity contribution >= 4 is 17.4 Å². The minimum atomic E-state index is -0.228. The van der Waals surface area contributed by atoms with Crippen molar-refractivity contribution in [1.82, 2.24) is 5.32 Å². The number of para-hydroxylation sites is 1. The van der Waals surface area contributed by atoms with Gasteiger partial charge in [0.1, 0.15) is 6.54 Å². The van der Waals surface area contributed by atoms with E-state index in [-0.39, 0.29) is 17.9 Å². The summed E-state index contributed by atoms with van der Waals surface area (Å²) >= 11 is 0. The van der Waals surface area contributed by atoms with Crippen LogP contribution in [-0.2, 0) is 9.53 Å². The van der Waals surface area contributed by atoms with Gasteiger partial charge in [0.25, 0.3) is 0 Å². The van der Waals surface area contributed by atoms with Gasteiger partial charge in [0.2, 0.25) is 0 Å². The SMILES string of the molecule is CCOC(=O)CNC1=CC(=Nc2ccccc2)CC(C)(C)C1. The molecule has 0 fully saturated rings. The average Bonchev–Trinajstić information content (AvgIpc) is 2.45. The molecule has 1 aromatic rings. The van der Waals surface area contributed by atoms with E-state index in [1.165, 1.54) is 0 Å². The van der Waals surface area contributed by atoms with E-state index in [1.54, 1.807) is 0 Å². The van der Waals surface area contributed by atoms with Crippen molar-refractivity contribution in [2.24, 2.45) is 10.4 Å². The van der Waals surface area contributed by atoms with Crippen molar-refractivity contribution in [3.05, 3.63) is 42.1 Å². The zero-order chi connectivity index (χ0) is 16.0. The van der Waals surface area contributed by atoms with Gasteiger partial charge in [-0.25, -0.2) is 0 Å². The number of benzene rings is 1. The molecule has 118 valence electrons. The number of carbonyl (C=O) groups excluding carboxylic acids is 1. The molecule has 0 saturated carbocycles. The molecule has 4 heteroatoms. The molecule has 0 radical (unpaired) electrons. The summed E-state index contributed by atoms with van der Waals surface area (Å²) in [4.78, 5) is 16.2. The third-order valence-corrected chi connectivity index (χ3v) is 3.46. The summed E-state index contributed by atoms with van der Waals surface area (Å²) in [7, 11) is 0. The Hall–Kier alpha value is -2.10. The molecule has 0 aromatic heterocycles. The summed E-state index contributed by atoms with van der Waals surface area (Å²) in [6.45, 7) is 6.85. The summed E-state index contributed by atoms with van der Waals surface area (Å²) in [5.74, 6) is -0.228. The Kier molecular flexibility index (Phi) is 5.36. The molecule has 0 heterocycles. The van der Waals surface area contributed by atoms with Gasteiger partial charge in [-0.05, 0) is 43.4 Å². The van der Waals surface area contributed by atoms with Crippen LogP contribution in [0.15, 0.2) is 47.1 Å². The summed E-state index contributed by atoms with van der Waals surface area (Å²) in [6, 6.07) is 9.94. The zero-order valence-corrected chi connectivity index (χ0v) is 13.6. The molecule has 0 aliphatic heterocycles. The first kappa shape index (κ1) is 16.3. The van der Waals surface area contributed by atoms with Crippen LogP contribution in [0, 0.1) is 5.41 Å². The van der Waals surface area contributed by atoms with Crippen LogP contribution in [0.5, 0.6) is 0 Å². The minimum absolute atomic E-state index is 0.124. The molecule has 1 aliphatic rings. The number of nitrogens with zero attached hydrogens (tertiary/aromatic N) is 1. The Balaban J connectivity index is 2.11. The molecule has 4 nitrogen and oxygen atoms in total. The van der Waals surface area contributed by atoms with Crippen molar-refractivity contribution in [3.63, 3.8) is 0 Å². The van der Waals surface area contributed by atoms with E-state index in [1.807, 2.05) is 37.3 Å². The van der Waals surface area contributed by atoms with Gasteiger partial charge >= 0.3 is 5.97 Å². The Morgan fingerprint density at radius 1 is 1.27 bits per heavy atom. The number of esters is 1. The molecule has 0 atom stereocenters. The minimum Gasteiger partial charge on any atom is -0.465 e. The van der Waals surface area contributed by atoms with Gasteiger partial charge < -0.3 is 10.1 Å². The maximum atomic E-state index is 11.5. The van der Waals surface area contributed by atoms with E-state index < -0.39 is 0 Å². The highest BCUT2D eigenvalue weighted by Crippen LogP contribution is 2.33. The lowest BCUT2D eigenvalue weighted by molar-refractivity contribution is -0.141. The lowest BCUT2D eigenvalue weighted by Crippen LogP contribution is -2.31. The summed E-state index contributed by atoms with van der Waals surface area (Å²) in [5, 5.41) is 3.18. The van der Waals surface area contributed by atoms with E-state index in [4.69, 9.17) is 9.73 Å². The number of nitrogens with one attached hydrogen (secondary N) is 1. The third-order valence-electron chi connectivity index (χ3n) is 3.46. The Morgan fingerprint density at radius 2 is 2.00 bits per heavy atom. The van der Waals surface area contributed by atoms with Crippen molar-refractivity contribution in [2.45, 2.75) is 33.6 Å². The highest BCUT2D eigenvalue weighted by Gasteiger charge is 2.26. The van der Waals surface area contributed by atoms with Gasteiger partial charge in [-0.15, -0.1) is 0 Å². The molecule has 0 unspecified atom stereocenters. The second-order valence-electron chi connectivity index (χ2n) is 6.28. The number of carbonyl (C=O) groups is 1. The van der Waals surface area contributed by atoms with Crippen LogP contribution in [0.2, 0.25) is 0 Å². The molecule has 0 spiro atoms. The van der Waals surface area contributed by atoms with Crippen molar-refractivity contribution in [2.75, 3.05) is 13.2 Å². The normalized spacial score (nSPS) is 18.7. The largest absolute Gasteiger partial charge is 0.465 e. The lowest BCUT2D eigenvalue weighted by Gasteiger charge is -2.31. The molecule has 0 bridgehead atoms. The van der Waals surface area contributed by atoms with Gasteiger partial charge in [0.05, 0.1) is 12.3 Å². The Bertz CT molecular complexity index is 574. The van der Waals surface area contributed by atoms with Crippen molar-refractivity contribution < 1.29 is 9.53 Å². The van der Waals surface area contributed by atoms with Crippen molar-refractivity contribution in [3.8, 4) is 0 Å². The quantitative estimate of drug-likeness (QED) is 0.845. The van der Waals surface area contributed by atoms with Gasteiger partial charge in [0.15, 0.2) is 0 Å². The van der Waals surface area contributed by atoms with Crippen LogP contribution in [0.25, 0.3) is 0 Å². The van der Waals surface area contributed by atoms with E-state index in [9.17, 15) is 4.79 Å². The molecule has 1 aromatic carbocycles. The fourth-order valence-electron chi connectivity index (χ4n) is 2.62. The number of hydrogen-bond donors (Lipinski definition) is 1. The lowest BCUT2D eigenvalue weighted by atomic mass is 9.78. The van der Waals surface area contributed by atoms with Gasteiger partial charge in [0, 0.05) is 11.4 Å². The first-order valence-electron chi connectivity index (χ1n) is 7.71. The summed E-state index contributed by atoms with van der Waals surface area (Å²) < 4.78 is 4.95. The first-order chi connectivity index (χ1) is 10.5.